The molecule has 0 aromatic heterocycles. The van der Waals surface area contributed by atoms with E-state index in [1.54, 1.807) is 0 Å². The van der Waals surface area contributed by atoms with Gasteiger partial charge < -0.3 is 15.2 Å². The Labute approximate surface area is 142 Å². The number of benzene rings is 1. The summed E-state index contributed by atoms with van der Waals surface area (Å²) in [4.78, 5) is 25.0. The van der Waals surface area contributed by atoms with E-state index in [-0.39, 0.29) is 12.3 Å². The van der Waals surface area contributed by atoms with E-state index < -0.39 is 12.0 Å². The van der Waals surface area contributed by atoms with Crippen molar-refractivity contribution in [3.05, 3.63) is 29.8 Å². The number of carboxylic acids is 1. The Morgan fingerprint density at radius 1 is 1.38 bits per heavy atom. The SMILES string of the molecule is CCCCCOc1ccccc1CN1CCNC(=O)C1CC(=O)O. The number of carbonyl (C=O) groups excluding carboxylic acids is 1. The molecule has 0 bridgehead atoms. The molecule has 1 fully saturated rings. The topological polar surface area (TPSA) is 78.9 Å². The van der Waals surface area contributed by atoms with Crippen LogP contribution in [0.15, 0.2) is 24.3 Å². The molecule has 6 nitrogen and oxygen atoms in total. The van der Waals surface area contributed by atoms with Gasteiger partial charge in [0.1, 0.15) is 11.8 Å². The van der Waals surface area contributed by atoms with Gasteiger partial charge >= 0.3 is 5.97 Å². The lowest BCUT2D eigenvalue weighted by Gasteiger charge is -2.34. The van der Waals surface area contributed by atoms with Gasteiger partial charge in [-0.2, -0.15) is 0 Å². The Morgan fingerprint density at radius 3 is 2.92 bits per heavy atom. The smallest absolute Gasteiger partial charge is 0.305 e. The maximum Gasteiger partial charge on any atom is 0.305 e. The van der Waals surface area contributed by atoms with Crippen LogP contribution in [-0.4, -0.2) is 47.6 Å². The molecule has 0 spiro atoms. The van der Waals surface area contributed by atoms with Crippen LogP contribution in [0.1, 0.15) is 38.2 Å². The van der Waals surface area contributed by atoms with Crippen LogP contribution >= 0.6 is 0 Å². The second-order valence-corrected chi connectivity index (χ2v) is 6.04. The predicted octanol–water partition coefficient (Wildman–Crippen LogP) is 2.03. The van der Waals surface area contributed by atoms with Crippen molar-refractivity contribution in [2.45, 2.75) is 45.2 Å². The molecule has 2 N–H and O–H groups in total. The molecular formula is C18H26N2O4. The monoisotopic (exact) mass is 334 g/mol. The molecule has 0 aliphatic carbocycles. The Kier molecular flexibility index (Phi) is 7.06. The summed E-state index contributed by atoms with van der Waals surface area (Å²) >= 11 is 0. The van der Waals surface area contributed by atoms with Crippen molar-refractivity contribution >= 4 is 11.9 Å². The first-order valence-corrected chi connectivity index (χ1v) is 8.56. The van der Waals surface area contributed by atoms with Crippen LogP contribution in [0.5, 0.6) is 5.75 Å². The number of carboxylic acid groups (broad SMARTS) is 1. The second-order valence-electron chi connectivity index (χ2n) is 6.04. The summed E-state index contributed by atoms with van der Waals surface area (Å²) < 4.78 is 5.88. The number of hydrogen-bond donors (Lipinski definition) is 2. The molecule has 6 heteroatoms. The maximum atomic E-state index is 12.0. The molecule has 1 saturated heterocycles. The highest BCUT2D eigenvalue weighted by Crippen LogP contribution is 2.22. The fourth-order valence-electron chi connectivity index (χ4n) is 2.87. The number of piperazine rings is 1. The zero-order chi connectivity index (χ0) is 17.4. The van der Waals surface area contributed by atoms with Crippen LogP contribution in [0.3, 0.4) is 0 Å². The number of unbranched alkanes of at least 4 members (excludes halogenated alkanes) is 2. The Hall–Kier alpha value is -2.08. The lowest BCUT2D eigenvalue weighted by atomic mass is 10.1. The second kappa shape index (κ2) is 9.27. The minimum atomic E-state index is -0.967. The first-order valence-electron chi connectivity index (χ1n) is 8.56. The van der Waals surface area contributed by atoms with Crippen molar-refractivity contribution < 1.29 is 19.4 Å². The fraction of sp³-hybridized carbons (Fsp3) is 0.556. The van der Waals surface area contributed by atoms with Crippen molar-refractivity contribution in [2.24, 2.45) is 0 Å². The number of nitrogens with zero attached hydrogens (tertiary/aromatic N) is 1. The molecule has 132 valence electrons. The Bertz CT molecular complexity index is 562. The van der Waals surface area contributed by atoms with Crippen LogP contribution in [0, 0.1) is 0 Å². The van der Waals surface area contributed by atoms with Crippen LogP contribution in [0.4, 0.5) is 0 Å². The average molecular weight is 334 g/mol. The van der Waals surface area contributed by atoms with Crippen molar-refractivity contribution in [2.75, 3.05) is 19.7 Å². The number of carbonyl (C=O) groups is 2. The highest BCUT2D eigenvalue weighted by atomic mass is 16.5. The maximum absolute atomic E-state index is 12.0. The van der Waals surface area contributed by atoms with E-state index in [2.05, 4.69) is 12.2 Å². The minimum Gasteiger partial charge on any atom is -0.493 e. The van der Waals surface area contributed by atoms with Crippen LogP contribution in [0.25, 0.3) is 0 Å². The molecule has 2 rings (SSSR count). The molecule has 1 aliphatic heterocycles. The third kappa shape index (κ3) is 5.23. The zero-order valence-corrected chi connectivity index (χ0v) is 14.2. The number of hydrogen-bond acceptors (Lipinski definition) is 4. The molecule has 24 heavy (non-hydrogen) atoms. The van der Waals surface area contributed by atoms with Gasteiger partial charge in [-0.3, -0.25) is 14.5 Å². The minimum absolute atomic E-state index is 0.189. The summed E-state index contributed by atoms with van der Waals surface area (Å²) in [6, 6.07) is 7.13. The predicted molar refractivity (Wildman–Crippen MR) is 90.9 cm³/mol. The van der Waals surface area contributed by atoms with Gasteiger partial charge in [-0.15, -0.1) is 0 Å². The molecule has 0 radical (unpaired) electrons. The van der Waals surface area contributed by atoms with Gasteiger partial charge in [0.05, 0.1) is 13.0 Å². The van der Waals surface area contributed by atoms with Gasteiger partial charge in [0.2, 0.25) is 5.91 Å². The van der Waals surface area contributed by atoms with Crippen molar-refractivity contribution in [3.63, 3.8) is 0 Å². The summed E-state index contributed by atoms with van der Waals surface area (Å²) in [6.07, 6.45) is 3.10. The van der Waals surface area contributed by atoms with E-state index >= 15 is 0 Å². The third-order valence-corrected chi connectivity index (χ3v) is 4.16. The molecule has 1 atom stereocenters. The van der Waals surface area contributed by atoms with Gasteiger partial charge in [-0.25, -0.2) is 0 Å². The van der Waals surface area contributed by atoms with Gasteiger partial charge in [0.15, 0.2) is 0 Å². The lowest BCUT2D eigenvalue weighted by Crippen LogP contribution is -2.55. The van der Waals surface area contributed by atoms with E-state index in [0.717, 1.165) is 30.6 Å². The summed E-state index contributed by atoms with van der Waals surface area (Å²) in [5.41, 5.74) is 0.985. The normalized spacial score (nSPS) is 18.2. The highest BCUT2D eigenvalue weighted by Gasteiger charge is 2.31. The van der Waals surface area contributed by atoms with E-state index in [4.69, 9.17) is 9.84 Å². The van der Waals surface area contributed by atoms with E-state index in [9.17, 15) is 9.59 Å². The summed E-state index contributed by atoms with van der Waals surface area (Å²) in [6.45, 7) is 4.50. The van der Waals surface area contributed by atoms with Gasteiger partial charge in [0.25, 0.3) is 0 Å². The van der Waals surface area contributed by atoms with Crippen LogP contribution < -0.4 is 10.1 Å². The quantitative estimate of drug-likeness (QED) is 0.676. The van der Waals surface area contributed by atoms with Gasteiger partial charge in [0, 0.05) is 25.2 Å². The standard InChI is InChI=1S/C18H26N2O4/c1-2-3-6-11-24-16-8-5-4-7-14(16)13-20-10-9-19-18(23)15(20)12-17(21)22/h4-5,7-8,15H,2-3,6,9-13H2,1H3,(H,19,23)(H,21,22). The van der Waals surface area contributed by atoms with Crippen LogP contribution in [-0.2, 0) is 16.1 Å². The first-order chi connectivity index (χ1) is 11.6. The number of aliphatic carboxylic acids is 1. The summed E-state index contributed by atoms with van der Waals surface area (Å²) in [5, 5.41) is 11.8. The first kappa shape index (κ1) is 18.3. The van der Waals surface area contributed by atoms with Crippen molar-refractivity contribution in [3.8, 4) is 5.75 Å². The van der Waals surface area contributed by atoms with E-state index in [1.165, 1.54) is 0 Å². The lowest BCUT2D eigenvalue weighted by molar-refractivity contribution is -0.143. The molecule has 1 amide bonds. The third-order valence-electron chi connectivity index (χ3n) is 4.16. The highest BCUT2D eigenvalue weighted by molar-refractivity contribution is 5.86. The number of nitrogens with one attached hydrogen (secondary N) is 1. The fourth-order valence-corrected chi connectivity index (χ4v) is 2.87. The molecule has 1 aliphatic rings. The molecule has 1 aromatic rings. The number of ether oxygens (including phenoxy) is 1. The molecule has 0 saturated carbocycles. The van der Waals surface area contributed by atoms with Gasteiger partial charge in [-0.05, 0) is 12.5 Å². The molecule has 1 heterocycles. The van der Waals surface area contributed by atoms with Crippen molar-refractivity contribution in [1.29, 1.82) is 0 Å². The molecule has 1 aromatic carbocycles. The van der Waals surface area contributed by atoms with E-state index in [1.807, 2.05) is 29.2 Å². The Morgan fingerprint density at radius 2 is 2.17 bits per heavy atom. The zero-order valence-electron chi connectivity index (χ0n) is 14.2. The van der Waals surface area contributed by atoms with Crippen molar-refractivity contribution in [1.82, 2.24) is 10.2 Å². The molecular weight excluding hydrogens is 308 g/mol. The van der Waals surface area contributed by atoms with Gasteiger partial charge in [-0.1, -0.05) is 38.0 Å². The summed E-state index contributed by atoms with van der Waals surface area (Å²) in [5.74, 6) is -0.371. The number of para-hydroxylation sites is 1. The largest absolute Gasteiger partial charge is 0.493 e. The van der Waals surface area contributed by atoms with E-state index in [0.29, 0.717) is 26.2 Å². The number of amides is 1. The summed E-state index contributed by atoms with van der Waals surface area (Å²) in [7, 11) is 0. The molecule has 1 unspecified atom stereocenters. The van der Waals surface area contributed by atoms with Crippen LogP contribution in [0.2, 0.25) is 0 Å². The Balaban J connectivity index is 2.05. The average Bonchev–Trinajstić information content (AvgIpc) is 2.56. The number of rotatable bonds is 9.